The summed E-state index contributed by atoms with van der Waals surface area (Å²) in [5, 5.41) is 5.98. The van der Waals surface area contributed by atoms with E-state index in [0.29, 0.717) is 0 Å². The van der Waals surface area contributed by atoms with Crippen LogP contribution in [-0.2, 0) is 0 Å². The highest BCUT2D eigenvalue weighted by molar-refractivity contribution is 7.17. The number of thiophene rings is 1. The minimum Gasteiger partial charge on any atom is -0.292 e. The molecule has 0 radical (unpaired) electrons. The normalized spacial score (nSPS) is 11.6. The van der Waals surface area contributed by atoms with E-state index in [9.17, 15) is 0 Å². The molecule has 6 aromatic rings. The van der Waals surface area contributed by atoms with Gasteiger partial charge in [-0.2, -0.15) is 0 Å². The molecular formula is C24H15N3S. The van der Waals surface area contributed by atoms with E-state index in [2.05, 4.69) is 69.5 Å². The van der Waals surface area contributed by atoms with Crippen LogP contribution in [0.4, 0.5) is 0 Å². The van der Waals surface area contributed by atoms with Gasteiger partial charge in [0.2, 0.25) is 0 Å². The van der Waals surface area contributed by atoms with Crippen molar-refractivity contribution in [3.63, 3.8) is 0 Å². The Morgan fingerprint density at radius 1 is 0.679 bits per heavy atom. The molecule has 0 bridgehead atoms. The summed E-state index contributed by atoms with van der Waals surface area (Å²) in [6.45, 7) is 0. The first kappa shape index (κ1) is 15.5. The molecule has 0 unspecified atom stereocenters. The first-order valence-corrected chi connectivity index (χ1v) is 10.1. The van der Waals surface area contributed by atoms with Gasteiger partial charge in [-0.05, 0) is 29.6 Å². The van der Waals surface area contributed by atoms with E-state index in [0.717, 1.165) is 28.1 Å². The highest BCUT2D eigenvalue weighted by Gasteiger charge is 2.15. The zero-order valence-electron chi connectivity index (χ0n) is 14.9. The number of benzene rings is 3. The number of para-hydroxylation sites is 1. The molecule has 3 aromatic heterocycles. The zero-order chi connectivity index (χ0) is 18.5. The standard InChI is InChI=1S/C24H15N3S/c1-2-6-16(7-3-1)19-14-26-23(15-25-19)27-20-9-5-4-8-17(20)24-18-12-13-28-22(18)11-10-21(24)27/h1-15H. The van der Waals surface area contributed by atoms with E-state index in [4.69, 9.17) is 4.98 Å². The monoisotopic (exact) mass is 377 g/mol. The first-order valence-electron chi connectivity index (χ1n) is 9.17. The minimum atomic E-state index is 0.834. The van der Waals surface area contributed by atoms with Crippen LogP contribution in [0.25, 0.3) is 49.0 Å². The lowest BCUT2D eigenvalue weighted by atomic mass is 10.1. The molecule has 3 heterocycles. The Hall–Kier alpha value is -3.50. The van der Waals surface area contributed by atoms with Crippen LogP contribution in [0.1, 0.15) is 0 Å². The highest BCUT2D eigenvalue weighted by Crippen LogP contribution is 2.37. The van der Waals surface area contributed by atoms with E-state index in [1.807, 2.05) is 30.6 Å². The Balaban J connectivity index is 1.63. The van der Waals surface area contributed by atoms with Crippen LogP contribution in [0.15, 0.2) is 90.6 Å². The van der Waals surface area contributed by atoms with Crippen LogP contribution < -0.4 is 0 Å². The third kappa shape index (κ3) is 2.22. The molecule has 0 spiro atoms. The molecule has 0 amide bonds. The van der Waals surface area contributed by atoms with Gasteiger partial charge in [0.05, 0.1) is 29.1 Å². The van der Waals surface area contributed by atoms with Crippen molar-refractivity contribution in [3.05, 3.63) is 90.6 Å². The summed E-state index contributed by atoms with van der Waals surface area (Å²) in [6, 6.07) is 25.3. The number of aromatic nitrogens is 3. The average Bonchev–Trinajstić information content (AvgIpc) is 3.36. The molecule has 0 aliphatic heterocycles. The summed E-state index contributed by atoms with van der Waals surface area (Å²) in [6.07, 6.45) is 3.72. The largest absolute Gasteiger partial charge is 0.292 e. The lowest BCUT2D eigenvalue weighted by Gasteiger charge is -2.07. The molecule has 0 saturated carbocycles. The fourth-order valence-electron chi connectivity index (χ4n) is 3.95. The smallest absolute Gasteiger partial charge is 0.156 e. The van der Waals surface area contributed by atoms with Crippen molar-refractivity contribution in [2.45, 2.75) is 0 Å². The van der Waals surface area contributed by atoms with Crippen LogP contribution in [0.3, 0.4) is 0 Å². The molecule has 0 atom stereocenters. The zero-order valence-corrected chi connectivity index (χ0v) is 15.7. The predicted molar refractivity (Wildman–Crippen MR) is 117 cm³/mol. The Bertz CT molecular complexity index is 1440. The number of hydrogen-bond donors (Lipinski definition) is 0. The maximum Gasteiger partial charge on any atom is 0.156 e. The molecule has 4 heteroatoms. The van der Waals surface area contributed by atoms with Crippen molar-refractivity contribution in [1.82, 2.24) is 14.5 Å². The molecule has 0 aliphatic carbocycles. The Morgan fingerprint density at radius 3 is 2.39 bits per heavy atom. The van der Waals surface area contributed by atoms with Crippen LogP contribution in [0.5, 0.6) is 0 Å². The van der Waals surface area contributed by atoms with Gasteiger partial charge in [0.1, 0.15) is 0 Å². The van der Waals surface area contributed by atoms with Crippen molar-refractivity contribution < 1.29 is 0 Å². The molecule has 3 aromatic carbocycles. The van der Waals surface area contributed by atoms with E-state index in [1.54, 1.807) is 11.3 Å². The van der Waals surface area contributed by atoms with Gasteiger partial charge in [-0.3, -0.25) is 9.55 Å². The van der Waals surface area contributed by atoms with Gasteiger partial charge < -0.3 is 0 Å². The fraction of sp³-hybridized carbons (Fsp3) is 0. The summed E-state index contributed by atoms with van der Waals surface area (Å²) in [5.74, 6) is 0.834. The maximum absolute atomic E-state index is 4.77. The van der Waals surface area contributed by atoms with Gasteiger partial charge in [-0.1, -0.05) is 48.5 Å². The Kier molecular flexibility index (Phi) is 3.34. The summed E-state index contributed by atoms with van der Waals surface area (Å²) >= 11 is 1.78. The Morgan fingerprint density at radius 2 is 1.54 bits per heavy atom. The lowest BCUT2D eigenvalue weighted by molar-refractivity contribution is 1.04. The molecule has 0 N–H and O–H groups in total. The third-order valence-corrected chi connectivity index (χ3v) is 6.09. The van der Waals surface area contributed by atoms with E-state index in [-0.39, 0.29) is 0 Å². The second-order valence-corrected chi connectivity index (χ2v) is 7.72. The maximum atomic E-state index is 4.77. The third-order valence-electron chi connectivity index (χ3n) is 5.21. The van der Waals surface area contributed by atoms with Gasteiger partial charge in [0.15, 0.2) is 5.82 Å². The summed E-state index contributed by atoms with van der Waals surface area (Å²) < 4.78 is 3.52. The van der Waals surface area contributed by atoms with Crippen molar-refractivity contribution >= 4 is 43.2 Å². The molecule has 6 rings (SSSR count). The van der Waals surface area contributed by atoms with E-state index < -0.39 is 0 Å². The summed E-state index contributed by atoms with van der Waals surface area (Å²) in [7, 11) is 0. The van der Waals surface area contributed by atoms with Gasteiger partial charge in [0.25, 0.3) is 0 Å². The van der Waals surface area contributed by atoms with Gasteiger partial charge in [-0.25, -0.2) is 4.98 Å². The molecule has 28 heavy (non-hydrogen) atoms. The van der Waals surface area contributed by atoms with Gasteiger partial charge >= 0.3 is 0 Å². The molecule has 0 saturated heterocycles. The van der Waals surface area contributed by atoms with Crippen molar-refractivity contribution in [1.29, 1.82) is 0 Å². The quantitative estimate of drug-likeness (QED) is 0.347. The van der Waals surface area contributed by atoms with Crippen LogP contribution in [0, 0.1) is 0 Å². The summed E-state index contributed by atoms with van der Waals surface area (Å²) in [4.78, 5) is 9.46. The fourth-order valence-corrected chi connectivity index (χ4v) is 4.75. The van der Waals surface area contributed by atoms with E-state index in [1.165, 1.54) is 20.9 Å². The SMILES string of the molecule is c1ccc(-c2cnc(-n3c4ccccc4c4c5ccsc5ccc43)cn2)cc1. The molecule has 3 nitrogen and oxygen atoms in total. The van der Waals surface area contributed by atoms with Crippen LogP contribution in [-0.4, -0.2) is 14.5 Å². The second-order valence-electron chi connectivity index (χ2n) is 6.77. The second kappa shape index (κ2) is 6.01. The lowest BCUT2D eigenvalue weighted by Crippen LogP contribution is -1.98. The number of rotatable bonds is 2. The first-order chi connectivity index (χ1) is 13.9. The molecule has 132 valence electrons. The number of fused-ring (bicyclic) bond motifs is 5. The van der Waals surface area contributed by atoms with Gasteiger partial charge in [-0.15, -0.1) is 11.3 Å². The molecular weight excluding hydrogens is 362 g/mol. The Labute approximate surface area is 165 Å². The number of hydrogen-bond acceptors (Lipinski definition) is 3. The van der Waals surface area contributed by atoms with E-state index >= 15 is 0 Å². The minimum absolute atomic E-state index is 0.834. The van der Waals surface area contributed by atoms with Crippen molar-refractivity contribution in [2.24, 2.45) is 0 Å². The number of nitrogens with zero attached hydrogens (tertiary/aromatic N) is 3. The average molecular weight is 377 g/mol. The van der Waals surface area contributed by atoms with Crippen LogP contribution in [0.2, 0.25) is 0 Å². The molecule has 0 fully saturated rings. The van der Waals surface area contributed by atoms with Crippen molar-refractivity contribution in [3.8, 4) is 17.1 Å². The topological polar surface area (TPSA) is 30.7 Å². The highest BCUT2D eigenvalue weighted by atomic mass is 32.1. The predicted octanol–water partition coefficient (Wildman–Crippen LogP) is 6.46. The summed E-state index contributed by atoms with van der Waals surface area (Å²) in [5.41, 5.74) is 4.26. The van der Waals surface area contributed by atoms with Gasteiger partial charge in [0, 0.05) is 26.4 Å². The van der Waals surface area contributed by atoms with Crippen molar-refractivity contribution in [2.75, 3.05) is 0 Å². The molecule has 0 aliphatic rings. The van der Waals surface area contributed by atoms with Crippen LogP contribution >= 0.6 is 11.3 Å².